The van der Waals surface area contributed by atoms with Crippen LogP contribution in [0.4, 0.5) is 0 Å². The molecule has 1 aromatic heterocycles. The maximum atomic E-state index is 9.05. The van der Waals surface area contributed by atoms with Gasteiger partial charge in [0, 0.05) is 13.1 Å². The minimum absolute atomic E-state index is 0.169. The summed E-state index contributed by atoms with van der Waals surface area (Å²) >= 11 is 0. The minimum atomic E-state index is -0.169. The molecule has 0 bridgehead atoms. The van der Waals surface area contributed by atoms with Crippen LogP contribution in [0, 0.1) is 6.92 Å². The van der Waals surface area contributed by atoms with Gasteiger partial charge in [-0.05, 0) is 6.92 Å². The second-order valence-corrected chi connectivity index (χ2v) is 3.36. The summed E-state index contributed by atoms with van der Waals surface area (Å²) in [6.07, 6.45) is 1.46. The lowest BCUT2D eigenvalue weighted by atomic mass is 10.2. The zero-order chi connectivity index (χ0) is 9.26. The monoisotopic (exact) mass is 180 g/mol. The molecular weight excluding hydrogens is 168 g/mol. The van der Waals surface area contributed by atoms with E-state index < -0.39 is 0 Å². The number of aliphatic hydroxyl groups is 1. The lowest BCUT2D eigenvalue weighted by Gasteiger charge is -2.34. The molecule has 13 heavy (non-hydrogen) atoms. The second kappa shape index (κ2) is 3.35. The molecule has 2 heterocycles. The van der Waals surface area contributed by atoms with Crippen LogP contribution in [-0.4, -0.2) is 44.4 Å². The molecule has 1 fully saturated rings. The Labute approximate surface area is 76.4 Å². The van der Waals surface area contributed by atoms with Crippen molar-refractivity contribution in [1.29, 1.82) is 0 Å². The first-order valence-corrected chi connectivity index (χ1v) is 4.29. The molecule has 5 heteroatoms. The van der Waals surface area contributed by atoms with Crippen LogP contribution in [0.15, 0.2) is 6.20 Å². The summed E-state index contributed by atoms with van der Waals surface area (Å²) in [5.41, 5.74) is 0.881. The molecule has 0 radical (unpaired) electrons. The molecule has 1 aromatic rings. The van der Waals surface area contributed by atoms with E-state index >= 15 is 0 Å². The smallest absolute Gasteiger partial charge is 0.165 e. The Morgan fingerprint density at radius 2 is 2.38 bits per heavy atom. The number of rotatable bonds is 2. The Hall–Kier alpha value is -1.07. The van der Waals surface area contributed by atoms with Crippen LogP contribution in [0.2, 0.25) is 0 Å². The fraction of sp³-hybridized carbons (Fsp3) is 0.625. The van der Waals surface area contributed by atoms with Crippen molar-refractivity contribution in [3.05, 3.63) is 17.7 Å². The van der Waals surface area contributed by atoms with E-state index in [4.69, 9.17) is 5.11 Å². The molecule has 0 atom stereocenters. The molecule has 1 N–H and O–H groups in total. The van der Waals surface area contributed by atoms with Crippen molar-refractivity contribution < 1.29 is 5.11 Å². The normalized spacial score (nSPS) is 18.6. The van der Waals surface area contributed by atoms with Gasteiger partial charge in [0.1, 0.15) is 0 Å². The summed E-state index contributed by atoms with van der Waals surface area (Å²) < 4.78 is 0. The highest BCUT2D eigenvalue weighted by molar-refractivity contribution is 4.94. The van der Waals surface area contributed by atoms with E-state index in [0.717, 1.165) is 24.6 Å². The third-order valence-corrected chi connectivity index (χ3v) is 2.03. The lowest BCUT2D eigenvalue weighted by Crippen LogP contribution is -2.50. The predicted molar refractivity (Wildman–Crippen MR) is 45.8 cm³/mol. The standard InChI is InChI=1S/C8H12N4O/c1-6-2-9-11-8(10-6)5-12-3-7(13)4-12/h2,7,13H,3-5H2,1H3. The summed E-state index contributed by atoms with van der Waals surface area (Å²) in [4.78, 5) is 6.31. The summed E-state index contributed by atoms with van der Waals surface area (Å²) in [5, 5.41) is 16.8. The van der Waals surface area contributed by atoms with E-state index in [1.54, 1.807) is 6.20 Å². The van der Waals surface area contributed by atoms with Crippen LogP contribution in [-0.2, 0) is 6.54 Å². The summed E-state index contributed by atoms with van der Waals surface area (Å²) in [7, 11) is 0. The fourth-order valence-corrected chi connectivity index (χ4v) is 1.37. The Morgan fingerprint density at radius 1 is 1.62 bits per heavy atom. The van der Waals surface area contributed by atoms with Gasteiger partial charge in [0.25, 0.3) is 0 Å². The van der Waals surface area contributed by atoms with Crippen LogP contribution in [0.3, 0.4) is 0 Å². The van der Waals surface area contributed by atoms with Crippen molar-refractivity contribution in [2.75, 3.05) is 13.1 Å². The van der Waals surface area contributed by atoms with Gasteiger partial charge in [-0.2, -0.15) is 5.10 Å². The molecule has 0 aliphatic carbocycles. The summed E-state index contributed by atoms with van der Waals surface area (Å²) in [5.74, 6) is 0.729. The van der Waals surface area contributed by atoms with E-state index in [9.17, 15) is 0 Å². The number of aliphatic hydroxyl groups excluding tert-OH is 1. The van der Waals surface area contributed by atoms with E-state index in [1.165, 1.54) is 0 Å². The van der Waals surface area contributed by atoms with Crippen molar-refractivity contribution >= 4 is 0 Å². The molecule has 1 aliphatic heterocycles. The van der Waals surface area contributed by atoms with Gasteiger partial charge in [0.15, 0.2) is 5.82 Å². The Morgan fingerprint density at radius 3 is 3.00 bits per heavy atom. The Kier molecular flexibility index (Phi) is 2.20. The fourth-order valence-electron chi connectivity index (χ4n) is 1.37. The maximum absolute atomic E-state index is 9.05. The van der Waals surface area contributed by atoms with Gasteiger partial charge < -0.3 is 5.11 Å². The highest BCUT2D eigenvalue weighted by Crippen LogP contribution is 2.09. The molecule has 0 saturated carbocycles. The molecule has 0 unspecified atom stereocenters. The third kappa shape index (κ3) is 1.99. The molecule has 5 nitrogen and oxygen atoms in total. The van der Waals surface area contributed by atoms with Gasteiger partial charge in [-0.15, -0.1) is 5.10 Å². The number of hydrogen-bond donors (Lipinski definition) is 1. The Balaban J connectivity index is 1.94. The van der Waals surface area contributed by atoms with E-state index in [1.807, 2.05) is 6.92 Å². The van der Waals surface area contributed by atoms with Gasteiger partial charge in [-0.1, -0.05) is 0 Å². The number of nitrogens with zero attached hydrogens (tertiary/aromatic N) is 4. The molecule has 70 valence electrons. The zero-order valence-corrected chi connectivity index (χ0v) is 7.51. The Bertz CT molecular complexity index is 298. The number of aryl methyl sites for hydroxylation is 1. The maximum Gasteiger partial charge on any atom is 0.165 e. The molecular formula is C8H12N4O. The van der Waals surface area contributed by atoms with E-state index in [-0.39, 0.29) is 6.10 Å². The predicted octanol–water partition coefficient (Wildman–Crippen LogP) is -0.643. The number of likely N-dealkylation sites (tertiary alicyclic amines) is 1. The van der Waals surface area contributed by atoms with Crippen molar-refractivity contribution in [1.82, 2.24) is 20.1 Å². The topological polar surface area (TPSA) is 62.1 Å². The SMILES string of the molecule is Cc1cnnc(CN2CC(O)C2)n1. The van der Waals surface area contributed by atoms with Crippen LogP contribution >= 0.6 is 0 Å². The van der Waals surface area contributed by atoms with E-state index in [2.05, 4.69) is 20.1 Å². The molecule has 1 aliphatic rings. The molecule has 0 amide bonds. The van der Waals surface area contributed by atoms with Gasteiger partial charge in [0.2, 0.25) is 0 Å². The molecule has 2 rings (SSSR count). The molecule has 1 saturated heterocycles. The quantitative estimate of drug-likeness (QED) is 0.655. The van der Waals surface area contributed by atoms with Gasteiger partial charge in [0.05, 0.1) is 24.5 Å². The van der Waals surface area contributed by atoms with Gasteiger partial charge in [-0.3, -0.25) is 4.90 Å². The zero-order valence-electron chi connectivity index (χ0n) is 7.51. The number of β-amino-alcohol motifs (C(OH)–C–C–N with tert-alkyl or cyclic N) is 1. The first kappa shape index (κ1) is 8.52. The van der Waals surface area contributed by atoms with Crippen LogP contribution < -0.4 is 0 Å². The number of aromatic nitrogens is 3. The van der Waals surface area contributed by atoms with Crippen molar-refractivity contribution in [2.24, 2.45) is 0 Å². The first-order valence-electron chi connectivity index (χ1n) is 4.29. The van der Waals surface area contributed by atoms with Crippen molar-refractivity contribution in [3.8, 4) is 0 Å². The lowest BCUT2D eigenvalue weighted by molar-refractivity contribution is -0.00447. The van der Waals surface area contributed by atoms with Crippen molar-refractivity contribution in [3.63, 3.8) is 0 Å². The summed E-state index contributed by atoms with van der Waals surface area (Å²) in [6, 6.07) is 0. The van der Waals surface area contributed by atoms with Crippen LogP contribution in [0.5, 0.6) is 0 Å². The highest BCUT2D eigenvalue weighted by Gasteiger charge is 2.24. The van der Waals surface area contributed by atoms with Crippen LogP contribution in [0.25, 0.3) is 0 Å². The largest absolute Gasteiger partial charge is 0.390 e. The third-order valence-electron chi connectivity index (χ3n) is 2.03. The summed E-state index contributed by atoms with van der Waals surface area (Å²) in [6.45, 7) is 4.02. The minimum Gasteiger partial charge on any atom is -0.390 e. The number of hydrogen-bond acceptors (Lipinski definition) is 5. The molecule has 0 spiro atoms. The first-order chi connectivity index (χ1) is 6.24. The second-order valence-electron chi connectivity index (χ2n) is 3.36. The van der Waals surface area contributed by atoms with Gasteiger partial charge in [-0.25, -0.2) is 4.98 Å². The highest BCUT2D eigenvalue weighted by atomic mass is 16.3. The van der Waals surface area contributed by atoms with Gasteiger partial charge >= 0.3 is 0 Å². The average molecular weight is 180 g/mol. The average Bonchev–Trinajstić information content (AvgIpc) is 2.01. The van der Waals surface area contributed by atoms with Crippen LogP contribution in [0.1, 0.15) is 11.5 Å². The molecule has 0 aromatic carbocycles. The van der Waals surface area contributed by atoms with Crippen molar-refractivity contribution in [2.45, 2.75) is 19.6 Å². The van der Waals surface area contributed by atoms with E-state index in [0.29, 0.717) is 6.54 Å².